The van der Waals surface area contributed by atoms with Crippen LogP contribution in [-0.2, 0) is 12.7 Å². The Morgan fingerprint density at radius 2 is 1.85 bits per heavy atom. The number of rotatable bonds is 2. The molecule has 1 aromatic carbocycles. The first kappa shape index (κ1) is 10.1. The lowest BCUT2D eigenvalue weighted by molar-refractivity contribution is -0.138. The largest absolute Gasteiger partial charge is 0.661 e. The Bertz CT molecular complexity index is 280. The normalized spacial score (nSPS) is 11.7. The lowest BCUT2D eigenvalue weighted by Crippen LogP contribution is -2.08. The van der Waals surface area contributed by atoms with Crippen LogP contribution in [0.25, 0.3) is 5.32 Å². The van der Waals surface area contributed by atoms with Gasteiger partial charge in [-0.15, -0.1) is 6.54 Å². The van der Waals surface area contributed by atoms with Gasteiger partial charge in [0, 0.05) is 0 Å². The molecular formula is C9H9F3N-. The monoisotopic (exact) mass is 188 g/mol. The summed E-state index contributed by atoms with van der Waals surface area (Å²) in [7, 11) is 1.49. The topological polar surface area (TPSA) is 14.1 Å². The van der Waals surface area contributed by atoms with Gasteiger partial charge in [-0.05, 0) is 6.07 Å². The molecule has 1 nitrogen and oxygen atoms in total. The maximum atomic E-state index is 12.3. The Balaban J connectivity index is 3.05. The van der Waals surface area contributed by atoms with Gasteiger partial charge in [-0.1, -0.05) is 23.8 Å². The highest BCUT2D eigenvalue weighted by Gasteiger charge is 2.31. The molecule has 13 heavy (non-hydrogen) atoms. The van der Waals surface area contributed by atoms with Crippen molar-refractivity contribution in [2.45, 2.75) is 12.7 Å². The maximum absolute atomic E-state index is 12.3. The zero-order valence-corrected chi connectivity index (χ0v) is 7.10. The predicted molar refractivity (Wildman–Crippen MR) is 44.4 cm³/mol. The minimum absolute atomic E-state index is 0.107. The van der Waals surface area contributed by atoms with E-state index in [0.717, 1.165) is 6.07 Å². The Labute approximate surface area is 74.6 Å². The van der Waals surface area contributed by atoms with Gasteiger partial charge in [-0.2, -0.15) is 20.2 Å². The first-order valence-electron chi connectivity index (χ1n) is 3.76. The van der Waals surface area contributed by atoms with Gasteiger partial charge < -0.3 is 5.32 Å². The molecular weight excluding hydrogens is 179 g/mol. The summed E-state index contributed by atoms with van der Waals surface area (Å²) in [6.07, 6.45) is -4.28. The van der Waals surface area contributed by atoms with Gasteiger partial charge in [0.25, 0.3) is 0 Å². The molecule has 4 heteroatoms. The molecule has 0 fully saturated rings. The van der Waals surface area contributed by atoms with Crippen LogP contribution in [0.5, 0.6) is 0 Å². The molecule has 0 spiro atoms. The maximum Gasteiger partial charge on any atom is 0.416 e. The number of benzene rings is 1. The molecule has 0 aliphatic carbocycles. The molecule has 0 atom stereocenters. The zero-order valence-electron chi connectivity index (χ0n) is 7.10. The molecule has 1 rings (SSSR count). The third kappa shape index (κ3) is 2.45. The van der Waals surface area contributed by atoms with Gasteiger partial charge in [0.05, 0.1) is 5.56 Å². The van der Waals surface area contributed by atoms with Crippen molar-refractivity contribution in [3.8, 4) is 0 Å². The van der Waals surface area contributed by atoms with E-state index in [9.17, 15) is 13.2 Å². The molecule has 0 saturated heterocycles. The van der Waals surface area contributed by atoms with Gasteiger partial charge in [0.1, 0.15) is 0 Å². The Morgan fingerprint density at radius 1 is 1.23 bits per heavy atom. The second-order valence-corrected chi connectivity index (χ2v) is 2.63. The quantitative estimate of drug-likeness (QED) is 0.676. The molecule has 0 bridgehead atoms. The average molecular weight is 188 g/mol. The summed E-state index contributed by atoms with van der Waals surface area (Å²) in [5.41, 5.74) is -0.377. The van der Waals surface area contributed by atoms with Crippen molar-refractivity contribution in [3.63, 3.8) is 0 Å². The summed E-state index contributed by atoms with van der Waals surface area (Å²) in [6, 6.07) is 5.47. The summed E-state index contributed by atoms with van der Waals surface area (Å²) in [4.78, 5) is 0. The van der Waals surface area contributed by atoms with E-state index in [1.165, 1.54) is 19.2 Å². The first-order chi connectivity index (χ1) is 6.05. The number of nitrogens with zero attached hydrogens (tertiary/aromatic N) is 1. The summed E-state index contributed by atoms with van der Waals surface area (Å²) >= 11 is 0. The van der Waals surface area contributed by atoms with Crippen LogP contribution in [0.15, 0.2) is 24.3 Å². The SMILES string of the molecule is C[N-]Cc1ccccc1C(F)(F)F. The van der Waals surface area contributed by atoms with Crippen LogP contribution in [0.2, 0.25) is 0 Å². The highest BCUT2D eigenvalue weighted by molar-refractivity contribution is 5.30. The van der Waals surface area contributed by atoms with E-state index in [1.54, 1.807) is 6.07 Å². The summed E-state index contributed by atoms with van der Waals surface area (Å²) < 4.78 is 37.0. The van der Waals surface area contributed by atoms with Crippen LogP contribution >= 0.6 is 0 Å². The molecule has 0 N–H and O–H groups in total. The minimum Gasteiger partial charge on any atom is -0.661 e. The van der Waals surface area contributed by atoms with Crippen molar-refractivity contribution in [2.75, 3.05) is 7.05 Å². The number of alkyl halides is 3. The van der Waals surface area contributed by atoms with Crippen LogP contribution in [-0.4, -0.2) is 7.05 Å². The Kier molecular flexibility index (Phi) is 2.93. The Morgan fingerprint density at radius 3 is 2.38 bits per heavy atom. The fourth-order valence-electron chi connectivity index (χ4n) is 1.11. The highest BCUT2D eigenvalue weighted by Crippen LogP contribution is 2.32. The standard InChI is InChI=1S/C9H9F3N/c1-13-6-7-4-2-3-5-8(7)9(10,11)12/h2-5H,6H2,1H3/q-1. The minimum atomic E-state index is -4.28. The van der Waals surface area contributed by atoms with E-state index in [2.05, 4.69) is 5.32 Å². The van der Waals surface area contributed by atoms with E-state index >= 15 is 0 Å². The zero-order chi connectivity index (χ0) is 9.90. The fourth-order valence-corrected chi connectivity index (χ4v) is 1.11. The second kappa shape index (κ2) is 3.79. The molecule has 0 saturated carbocycles. The van der Waals surface area contributed by atoms with Crippen LogP contribution in [0.4, 0.5) is 13.2 Å². The van der Waals surface area contributed by atoms with Gasteiger partial charge in [0.2, 0.25) is 0 Å². The molecule has 0 aromatic heterocycles. The lowest BCUT2D eigenvalue weighted by Gasteiger charge is -2.17. The third-order valence-electron chi connectivity index (χ3n) is 1.65. The van der Waals surface area contributed by atoms with E-state index in [0.29, 0.717) is 0 Å². The van der Waals surface area contributed by atoms with Crippen LogP contribution < -0.4 is 0 Å². The van der Waals surface area contributed by atoms with Crippen molar-refractivity contribution in [2.24, 2.45) is 0 Å². The van der Waals surface area contributed by atoms with Crippen molar-refractivity contribution < 1.29 is 13.2 Å². The van der Waals surface area contributed by atoms with Crippen molar-refractivity contribution in [1.29, 1.82) is 0 Å². The van der Waals surface area contributed by atoms with Crippen molar-refractivity contribution >= 4 is 0 Å². The number of hydrogen-bond acceptors (Lipinski definition) is 0. The van der Waals surface area contributed by atoms with Gasteiger partial charge in [0.15, 0.2) is 0 Å². The van der Waals surface area contributed by atoms with Crippen LogP contribution in [0, 0.1) is 0 Å². The average Bonchev–Trinajstić information content (AvgIpc) is 2.04. The summed E-state index contributed by atoms with van der Waals surface area (Å²) in [6.45, 7) is 0.107. The Hall–Kier alpha value is -1.03. The molecule has 0 aliphatic heterocycles. The molecule has 0 aliphatic rings. The summed E-state index contributed by atoms with van der Waals surface area (Å²) in [5.74, 6) is 0. The number of halogens is 3. The van der Waals surface area contributed by atoms with E-state index in [4.69, 9.17) is 0 Å². The summed E-state index contributed by atoms with van der Waals surface area (Å²) in [5, 5.41) is 3.68. The van der Waals surface area contributed by atoms with Crippen molar-refractivity contribution in [1.82, 2.24) is 0 Å². The van der Waals surface area contributed by atoms with Gasteiger partial charge in [-0.3, -0.25) is 0 Å². The van der Waals surface area contributed by atoms with Gasteiger partial charge in [-0.25, -0.2) is 0 Å². The lowest BCUT2D eigenvalue weighted by atomic mass is 10.1. The first-order valence-corrected chi connectivity index (χ1v) is 3.76. The second-order valence-electron chi connectivity index (χ2n) is 2.63. The molecule has 0 heterocycles. The van der Waals surface area contributed by atoms with E-state index < -0.39 is 11.7 Å². The number of hydrogen-bond donors (Lipinski definition) is 0. The van der Waals surface area contributed by atoms with Crippen LogP contribution in [0.3, 0.4) is 0 Å². The fraction of sp³-hybridized carbons (Fsp3) is 0.333. The molecule has 0 unspecified atom stereocenters. The highest BCUT2D eigenvalue weighted by atomic mass is 19.4. The molecule has 72 valence electrons. The molecule has 0 amide bonds. The van der Waals surface area contributed by atoms with Crippen molar-refractivity contribution in [3.05, 3.63) is 40.7 Å². The third-order valence-corrected chi connectivity index (χ3v) is 1.65. The van der Waals surface area contributed by atoms with Crippen LogP contribution in [0.1, 0.15) is 11.1 Å². The van der Waals surface area contributed by atoms with E-state index in [1.807, 2.05) is 0 Å². The molecule has 1 aromatic rings. The van der Waals surface area contributed by atoms with Gasteiger partial charge >= 0.3 is 6.18 Å². The van der Waals surface area contributed by atoms with E-state index in [-0.39, 0.29) is 12.1 Å². The predicted octanol–water partition coefficient (Wildman–Crippen LogP) is 3.21. The molecule has 0 radical (unpaired) electrons. The smallest absolute Gasteiger partial charge is 0.416 e.